The van der Waals surface area contributed by atoms with E-state index < -0.39 is 0 Å². The Hall–Kier alpha value is -3.68. The van der Waals surface area contributed by atoms with Crippen LogP contribution in [0.4, 0.5) is 17.1 Å². The van der Waals surface area contributed by atoms with Gasteiger partial charge in [0.1, 0.15) is 0 Å². The standard InChI is InChI=1S/C21H20N4O4/c26-18-11-12-20(28)25(23-18)17-7-3-14(4-8-17)21(29)22-15-5-9-16(10-6-15)24-13-1-2-19(24)27/h3-10H,1-2,11-13H2,(H,22,29)(H,23,26). The predicted molar refractivity (Wildman–Crippen MR) is 107 cm³/mol. The zero-order valence-corrected chi connectivity index (χ0v) is 15.7. The molecule has 2 heterocycles. The van der Waals surface area contributed by atoms with Crippen molar-refractivity contribution in [3.05, 3.63) is 54.1 Å². The van der Waals surface area contributed by atoms with E-state index in [1.807, 2.05) is 12.1 Å². The molecule has 0 aromatic heterocycles. The first-order valence-electron chi connectivity index (χ1n) is 9.45. The Morgan fingerprint density at radius 3 is 2.17 bits per heavy atom. The average Bonchev–Trinajstić information content (AvgIpc) is 3.16. The largest absolute Gasteiger partial charge is 0.322 e. The molecule has 0 bridgehead atoms. The van der Waals surface area contributed by atoms with Crippen molar-refractivity contribution < 1.29 is 19.2 Å². The number of benzene rings is 2. The van der Waals surface area contributed by atoms with Gasteiger partial charge in [-0.2, -0.15) is 0 Å². The van der Waals surface area contributed by atoms with E-state index in [1.54, 1.807) is 41.3 Å². The second kappa shape index (κ2) is 7.75. The summed E-state index contributed by atoms with van der Waals surface area (Å²) in [5.41, 5.74) is 4.88. The van der Waals surface area contributed by atoms with Crippen LogP contribution in [-0.4, -0.2) is 30.2 Å². The Labute approximate surface area is 167 Å². The average molecular weight is 392 g/mol. The SMILES string of the molecule is O=C1CCC(=O)N(c2ccc(C(=O)Nc3ccc(N4CCCC4=O)cc3)cc2)N1. The minimum Gasteiger partial charge on any atom is -0.322 e. The fourth-order valence-electron chi connectivity index (χ4n) is 3.39. The van der Waals surface area contributed by atoms with E-state index in [1.165, 1.54) is 5.01 Å². The summed E-state index contributed by atoms with van der Waals surface area (Å²) in [5.74, 6) is -0.593. The predicted octanol–water partition coefficient (Wildman–Crippen LogP) is 2.22. The van der Waals surface area contributed by atoms with E-state index in [2.05, 4.69) is 10.7 Å². The fraction of sp³-hybridized carbons (Fsp3) is 0.238. The summed E-state index contributed by atoms with van der Waals surface area (Å²) in [7, 11) is 0. The summed E-state index contributed by atoms with van der Waals surface area (Å²) in [5, 5.41) is 4.01. The number of nitrogens with one attached hydrogen (secondary N) is 2. The zero-order valence-electron chi connectivity index (χ0n) is 15.7. The maximum absolute atomic E-state index is 12.5. The van der Waals surface area contributed by atoms with Gasteiger partial charge < -0.3 is 10.2 Å². The van der Waals surface area contributed by atoms with Gasteiger partial charge in [0.2, 0.25) is 17.7 Å². The summed E-state index contributed by atoms with van der Waals surface area (Å²) in [4.78, 5) is 49.5. The summed E-state index contributed by atoms with van der Waals surface area (Å²) in [6.07, 6.45) is 1.77. The topological polar surface area (TPSA) is 98.8 Å². The van der Waals surface area contributed by atoms with Gasteiger partial charge >= 0.3 is 0 Å². The van der Waals surface area contributed by atoms with Crippen LogP contribution in [0.5, 0.6) is 0 Å². The maximum atomic E-state index is 12.5. The number of hydrogen-bond donors (Lipinski definition) is 2. The molecule has 4 rings (SSSR count). The molecule has 2 aliphatic heterocycles. The molecule has 0 radical (unpaired) electrons. The van der Waals surface area contributed by atoms with Gasteiger partial charge in [-0.3, -0.25) is 24.6 Å². The first kappa shape index (κ1) is 18.7. The van der Waals surface area contributed by atoms with E-state index >= 15 is 0 Å². The van der Waals surface area contributed by atoms with Crippen LogP contribution in [0.2, 0.25) is 0 Å². The molecule has 0 aliphatic carbocycles. The van der Waals surface area contributed by atoms with Gasteiger partial charge in [0.15, 0.2) is 0 Å². The molecular formula is C21H20N4O4. The molecule has 4 amide bonds. The Morgan fingerprint density at radius 1 is 0.828 bits per heavy atom. The summed E-state index contributed by atoms with van der Waals surface area (Å²) in [6, 6.07) is 13.6. The third-order valence-corrected chi connectivity index (χ3v) is 4.95. The molecule has 29 heavy (non-hydrogen) atoms. The molecule has 2 aromatic rings. The van der Waals surface area contributed by atoms with E-state index in [9.17, 15) is 19.2 Å². The minimum atomic E-state index is -0.296. The Morgan fingerprint density at radius 2 is 1.52 bits per heavy atom. The smallest absolute Gasteiger partial charge is 0.255 e. The van der Waals surface area contributed by atoms with E-state index in [0.29, 0.717) is 23.4 Å². The number of hydrazine groups is 1. The first-order valence-corrected chi connectivity index (χ1v) is 9.45. The highest BCUT2D eigenvalue weighted by Crippen LogP contribution is 2.23. The van der Waals surface area contributed by atoms with Crippen LogP contribution in [-0.2, 0) is 14.4 Å². The number of amides is 4. The Balaban J connectivity index is 1.41. The molecule has 2 N–H and O–H groups in total. The third kappa shape index (κ3) is 3.96. The number of nitrogens with zero attached hydrogens (tertiary/aromatic N) is 2. The number of carbonyl (C=O) groups is 4. The summed E-state index contributed by atoms with van der Waals surface area (Å²) < 4.78 is 0. The quantitative estimate of drug-likeness (QED) is 0.833. The highest BCUT2D eigenvalue weighted by molar-refractivity contribution is 6.05. The van der Waals surface area contributed by atoms with Crippen LogP contribution >= 0.6 is 0 Å². The molecule has 0 spiro atoms. The Kier molecular flexibility index (Phi) is 4.99. The van der Waals surface area contributed by atoms with E-state index in [4.69, 9.17) is 0 Å². The monoisotopic (exact) mass is 392 g/mol. The first-order chi connectivity index (χ1) is 14.0. The Bertz CT molecular complexity index is 969. The van der Waals surface area contributed by atoms with E-state index in [0.717, 1.165) is 18.7 Å². The van der Waals surface area contributed by atoms with Gasteiger partial charge in [-0.05, 0) is 55.0 Å². The number of anilines is 3. The molecule has 2 saturated heterocycles. The van der Waals surface area contributed by atoms with Gasteiger partial charge in [0, 0.05) is 42.7 Å². The molecule has 2 aliphatic rings. The van der Waals surface area contributed by atoms with Crippen molar-refractivity contribution in [2.45, 2.75) is 25.7 Å². The molecule has 0 unspecified atom stereocenters. The molecule has 0 atom stereocenters. The number of carbonyl (C=O) groups excluding carboxylic acids is 4. The summed E-state index contributed by atoms with van der Waals surface area (Å²) >= 11 is 0. The number of rotatable bonds is 4. The molecule has 2 fully saturated rings. The molecule has 8 heteroatoms. The molecule has 148 valence electrons. The third-order valence-electron chi connectivity index (χ3n) is 4.95. The zero-order chi connectivity index (χ0) is 20.4. The van der Waals surface area contributed by atoms with Gasteiger partial charge in [-0.1, -0.05) is 0 Å². The van der Waals surface area contributed by atoms with Crippen LogP contribution in [0.1, 0.15) is 36.0 Å². The highest BCUT2D eigenvalue weighted by atomic mass is 16.2. The van der Waals surface area contributed by atoms with Crippen molar-refractivity contribution in [2.24, 2.45) is 0 Å². The van der Waals surface area contributed by atoms with Crippen molar-refractivity contribution in [3.63, 3.8) is 0 Å². The van der Waals surface area contributed by atoms with E-state index in [-0.39, 0.29) is 36.5 Å². The van der Waals surface area contributed by atoms with Gasteiger partial charge in [-0.25, -0.2) is 5.01 Å². The van der Waals surface area contributed by atoms with Crippen LogP contribution in [0.3, 0.4) is 0 Å². The normalized spacial score (nSPS) is 16.8. The van der Waals surface area contributed by atoms with Crippen molar-refractivity contribution >= 4 is 40.7 Å². The fourth-order valence-corrected chi connectivity index (χ4v) is 3.39. The van der Waals surface area contributed by atoms with Crippen molar-refractivity contribution in [1.82, 2.24) is 5.43 Å². The maximum Gasteiger partial charge on any atom is 0.255 e. The van der Waals surface area contributed by atoms with Crippen LogP contribution < -0.4 is 20.7 Å². The van der Waals surface area contributed by atoms with Gasteiger partial charge in [0.05, 0.1) is 5.69 Å². The highest BCUT2D eigenvalue weighted by Gasteiger charge is 2.24. The lowest BCUT2D eigenvalue weighted by molar-refractivity contribution is -0.130. The van der Waals surface area contributed by atoms with Crippen LogP contribution in [0.25, 0.3) is 0 Å². The van der Waals surface area contributed by atoms with Crippen LogP contribution in [0, 0.1) is 0 Å². The van der Waals surface area contributed by atoms with Crippen molar-refractivity contribution in [3.8, 4) is 0 Å². The second-order valence-electron chi connectivity index (χ2n) is 6.96. The molecule has 8 nitrogen and oxygen atoms in total. The second-order valence-corrected chi connectivity index (χ2v) is 6.96. The lowest BCUT2D eigenvalue weighted by atomic mass is 10.1. The van der Waals surface area contributed by atoms with Gasteiger partial charge in [0.25, 0.3) is 5.91 Å². The molecule has 2 aromatic carbocycles. The van der Waals surface area contributed by atoms with Crippen molar-refractivity contribution in [1.29, 1.82) is 0 Å². The lowest BCUT2D eigenvalue weighted by Gasteiger charge is -2.27. The molecular weight excluding hydrogens is 372 g/mol. The minimum absolute atomic E-state index is 0.116. The molecule has 0 saturated carbocycles. The van der Waals surface area contributed by atoms with Crippen LogP contribution in [0.15, 0.2) is 48.5 Å². The number of hydrogen-bond acceptors (Lipinski definition) is 4. The lowest BCUT2D eigenvalue weighted by Crippen LogP contribution is -2.50. The van der Waals surface area contributed by atoms with Crippen molar-refractivity contribution in [2.75, 3.05) is 21.8 Å². The van der Waals surface area contributed by atoms with Gasteiger partial charge in [-0.15, -0.1) is 0 Å². The summed E-state index contributed by atoms with van der Waals surface area (Å²) in [6.45, 7) is 0.719.